The minimum Gasteiger partial charge on any atom is -0.476 e. The van der Waals surface area contributed by atoms with Crippen molar-refractivity contribution < 1.29 is 23.1 Å². The average molecular weight is 256 g/mol. The molecule has 0 spiro atoms. The van der Waals surface area contributed by atoms with Gasteiger partial charge in [-0.15, -0.1) is 0 Å². The van der Waals surface area contributed by atoms with Crippen LogP contribution in [0.4, 0.5) is 13.2 Å². The summed E-state index contributed by atoms with van der Waals surface area (Å²) in [7, 11) is 0. The van der Waals surface area contributed by atoms with E-state index < -0.39 is 23.5 Å². The van der Waals surface area contributed by atoms with E-state index in [9.17, 15) is 18.0 Å². The fourth-order valence-electron chi connectivity index (χ4n) is 1.56. The first-order valence-electron chi connectivity index (χ1n) is 4.84. The van der Waals surface area contributed by atoms with Crippen LogP contribution >= 0.6 is 0 Å². The summed E-state index contributed by atoms with van der Waals surface area (Å²) in [5, 5.41) is 8.71. The molecule has 18 heavy (non-hydrogen) atoms. The van der Waals surface area contributed by atoms with E-state index in [1.54, 1.807) is 18.2 Å². The topological polar surface area (TPSA) is 55.1 Å². The number of hydrogen-bond acceptors (Lipinski definition) is 2. The molecule has 1 aromatic carbocycles. The molecule has 1 heterocycles. The molecule has 7 heteroatoms. The summed E-state index contributed by atoms with van der Waals surface area (Å²) >= 11 is 0. The number of aromatic nitrogens is 2. The Balaban J connectivity index is 2.67. The number of carboxylic acids is 1. The molecule has 2 rings (SSSR count). The summed E-state index contributed by atoms with van der Waals surface area (Å²) in [6.07, 6.45) is -3.94. The van der Waals surface area contributed by atoms with E-state index in [4.69, 9.17) is 5.11 Å². The maximum atomic E-state index is 12.9. The lowest BCUT2D eigenvalue weighted by molar-refractivity contribution is -0.142. The number of carbonyl (C=O) groups is 1. The summed E-state index contributed by atoms with van der Waals surface area (Å²) < 4.78 is 39.3. The molecule has 0 saturated heterocycles. The highest BCUT2D eigenvalue weighted by Gasteiger charge is 2.40. The fourth-order valence-corrected chi connectivity index (χ4v) is 1.56. The van der Waals surface area contributed by atoms with Crippen molar-refractivity contribution in [2.45, 2.75) is 6.18 Å². The van der Waals surface area contributed by atoms with Gasteiger partial charge in [-0.25, -0.2) is 9.78 Å². The molecule has 0 radical (unpaired) electrons. The number of hydrogen-bond donors (Lipinski definition) is 1. The van der Waals surface area contributed by atoms with Crippen molar-refractivity contribution in [1.29, 1.82) is 0 Å². The van der Waals surface area contributed by atoms with Crippen molar-refractivity contribution in [3.63, 3.8) is 0 Å². The zero-order valence-corrected chi connectivity index (χ0v) is 8.85. The predicted molar refractivity (Wildman–Crippen MR) is 55.5 cm³/mol. The third-order valence-electron chi connectivity index (χ3n) is 2.27. The zero-order valence-electron chi connectivity index (χ0n) is 8.85. The van der Waals surface area contributed by atoms with Gasteiger partial charge in [-0.3, -0.25) is 4.57 Å². The lowest BCUT2D eigenvalue weighted by atomic mass is 10.2. The van der Waals surface area contributed by atoms with Gasteiger partial charge in [0.15, 0.2) is 11.4 Å². The molecular formula is C11H7F3N2O2. The Hall–Kier alpha value is -2.31. The number of para-hydroxylation sites is 1. The molecule has 0 amide bonds. The third-order valence-corrected chi connectivity index (χ3v) is 2.27. The highest BCUT2D eigenvalue weighted by atomic mass is 19.4. The third kappa shape index (κ3) is 2.06. The van der Waals surface area contributed by atoms with Crippen LogP contribution in [-0.4, -0.2) is 20.6 Å². The summed E-state index contributed by atoms with van der Waals surface area (Å²) in [5.74, 6) is -1.71. The van der Waals surface area contributed by atoms with Crippen molar-refractivity contribution in [3.05, 3.63) is 48.0 Å². The summed E-state index contributed by atoms with van der Waals surface area (Å²) in [5.41, 5.74) is -2.10. The number of carboxylic acid groups (broad SMARTS) is 1. The smallest absolute Gasteiger partial charge is 0.434 e. The molecule has 0 aliphatic heterocycles. The number of benzene rings is 1. The van der Waals surface area contributed by atoms with E-state index in [-0.39, 0.29) is 5.69 Å². The van der Waals surface area contributed by atoms with Gasteiger partial charge in [0.1, 0.15) is 6.33 Å². The number of rotatable bonds is 2. The van der Waals surface area contributed by atoms with Crippen molar-refractivity contribution in [3.8, 4) is 5.69 Å². The molecule has 1 aromatic heterocycles. The van der Waals surface area contributed by atoms with Gasteiger partial charge in [0.05, 0.1) is 0 Å². The van der Waals surface area contributed by atoms with Crippen molar-refractivity contribution in [2.75, 3.05) is 0 Å². The van der Waals surface area contributed by atoms with Crippen LogP contribution in [0.3, 0.4) is 0 Å². The SMILES string of the molecule is O=C(O)c1ncn(-c2ccccc2)c1C(F)(F)F. The Morgan fingerprint density at radius 1 is 1.22 bits per heavy atom. The second-order valence-corrected chi connectivity index (χ2v) is 3.45. The first kappa shape index (κ1) is 12.2. The molecular weight excluding hydrogens is 249 g/mol. The molecule has 2 aromatic rings. The van der Waals surface area contributed by atoms with Crippen LogP contribution in [0.25, 0.3) is 5.69 Å². The summed E-state index contributed by atoms with van der Waals surface area (Å²) in [4.78, 5) is 14.0. The molecule has 0 bridgehead atoms. The number of imidazole rings is 1. The standard InChI is InChI=1S/C11H7F3N2O2/c12-11(13,14)9-8(10(17)18)15-6-16(9)7-4-2-1-3-5-7/h1-6H,(H,17,18). The number of alkyl halides is 3. The molecule has 4 nitrogen and oxygen atoms in total. The van der Waals surface area contributed by atoms with Gasteiger partial charge in [-0.05, 0) is 12.1 Å². The second kappa shape index (κ2) is 4.17. The minimum absolute atomic E-state index is 0.199. The summed E-state index contributed by atoms with van der Waals surface area (Å²) in [6, 6.07) is 7.61. The maximum Gasteiger partial charge on any atom is 0.434 e. The van der Waals surface area contributed by atoms with E-state index in [0.29, 0.717) is 4.57 Å². The Kier molecular flexibility index (Phi) is 2.82. The van der Waals surface area contributed by atoms with E-state index in [0.717, 1.165) is 6.33 Å². The van der Waals surface area contributed by atoms with Gasteiger partial charge in [-0.2, -0.15) is 13.2 Å². The minimum atomic E-state index is -4.79. The quantitative estimate of drug-likeness (QED) is 0.898. The molecule has 0 aliphatic carbocycles. The van der Waals surface area contributed by atoms with Crippen LogP contribution < -0.4 is 0 Å². The molecule has 0 atom stereocenters. The molecule has 0 aliphatic rings. The fraction of sp³-hybridized carbons (Fsp3) is 0.0909. The van der Waals surface area contributed by atoms with Crippen molar-refractivity contribution in [2.24, 2.45) is 0 Å². The molecule has 0 saturated carbocycles. The van der Waals surface area contributed by atoms with Crippen LogP contribution in [0.2, 0.25) is 0 Å². The highest BCUT2D eigenvalue weighted by Crippen LogP contribution is 2.33. The van der Waals surface area contributed by atoms with E-state index in [1.165, 1.54) is 12.1 Å². The van der Waals surface area contributed by atoms with Crippen LogP contribution in [0.15, 0.2) is 36.7 Å². The Labute approximate surface area is 99.3 Å². The molecule has 94 valence electrons. The first-order valence-corrected chi connectivity index (χ1v) is 4.84. The predicted octanol–water partition coefficient (Wildman–Crippen LogP) is 2.59. The lowest BCUT2D eigenvalue weighted by Crippen LogP contribution is -2.16. The average Bonchev–Trinajstić information content (AvgIpc) is 2.74. The van der Waals surface area contributed by atoms with Crippen LogP contribution in [0.5, 0.6) is 0 Å². The van der Waals surface area contributed by atoms with E-state index in [2.05, 4.69) is 4.98 Å². The number of halogens is 3. The Morgan fingerprint density at radius 2 is 1.83 bits per heavy atom. The molecule has 0 fully saturated rings. The Bertz CT molecular complexity index is 576. The molecule has 0 unspecified atom stereocenters. The number of aromatic carboxylic acids is 1. The summed E-state index contributed by atoms with van der Waals surface area (Å²) in [6.45, 7) is 0. The number of nitrogens with zero attached hydrogens (tertiary/aromatic N) is 2. The van der Waals surface area contributed by atoms with Crippen molar-refractivity contribution in [1.82, 2.24) is 9.55 Å². The normalized spacial score (nSPS) is 11.5. The van der Waals surface area contributed by atoms with E-state index in [1.807, 2.05) is 0 Å². The zero-order chi connectivity index (χ0) is 13.3. The Morgan fingerprint density at radius 3 is 2.33 bits per heavy atom. The van der Waals surface area contributed by atoms with Crippen LogP contribution in [0.1, 0.15) is 16.2 Å². The van der Waals surface area contributed by atoms with E-state index >= 15 is 0 Å². The second-order valence-electron chi connectivity index (χ2n) is 3.45. The van der Waals surface area contributed by atoms with Gasteiger partial charge in [-0.1, -0.05) is 18.2 Å². The molecule has 1 N–H and O–H groups in total. The van der Waals surface area contributed by atoms with Crippen LogP contribution in [-0.2, 0) is 6.18 Å². The largest absolute Gasteiger partial charge is 0.476 e. The maximum absolute atomic E-state index is 12.9. The monoisotopic (exact) mass is 256 g/mol. The highest BCUT2D eigenvalue weighted by molar-refractivity contribution is 5.87. The van der Waals surface area contributed by atoms with Gasteiger partial charge >= 0.3 is 12.1 Å². The van der Waals surface area contributed by atoms with Gasteiger partial charge in [0.25, 0.3) is 0 Å². The van der Waals surface area contributed by atoms with Gasteiger partial charge in [0, 0.05) is 5.69 Å². The van der Waals surface area contributed by atoms with Crippen molar-refractivity contribution >= 4 is 5.97 Å². The lowest BCUT2D eigenvalue weighted by Gasteiger charge is -2.11. The van der Waals surface area contributed by atoms with Gasteiger partial charge < -0.3 is 5.11 Å². The first-order chi connectivity index (χ1) is 8.41. The van der Waals surface area contributed by atoms with Crippen LogP contribution in [0, 0.1) is 0 Å². The van der Waals surface area contributed by atoms with Gasteiger partial charge in [0.2, 0.25) is 0 Å².